The molecule has 0 N–H and O–H groups in total. The molecule has 2 saturated heterocycles. The van der Waals surface area contributed by atoms with Crippen molar-refractivity contribution in [1.29, 1.82) is 0 Å². The van der Waals surface area contributed by atoms with E-state index in [1.165, 1.54) is 12.8 Å². The van der Waals surface area contributed by atoms with Crippen LogP contribution in [0, 0.1) is 11.8 Å². The zero-order valence-electron chi connectivity index (χ0n) is 12.1. The average molecular weight is 253 g/mol. The van der Waals surface area contributed by atoms with Crippen molar-refractivity contribution in [2.45, 2.75) is 26.7 Å². The maximum Gasteiger partial charge on any atom is 0.320 e. The Morgan fingerprint density at radius 2 is 1.44 bits per heavy atom. The highest BCUT2D eigenvalue weighted by atomic mass is 16.2. The second-order valence-corrected chi connectivity index (χ2v) is 6.14. The van der Waals surface area contributed by atoms with Crippen LogP contribution < -0.4 is 0 Å². The maximum atomic E-state index is 12.4. The lowest BCUT2D eigenvalue weighted by atomic mass is 9.87. The number of urea groups is 1. The van der Waals surface area contributed by atoms with E-state index in [0.29, 0.717) is 0 Å². The number of hydrogen-bond acceptors (Lipinski definition) is 2. The van der Waals surface area contributed by atoms with Crippen LogP contribution >= 0.6 is 0 Å². The molecule has 0 aromatic heterocycles. The van der Waals surface area contributed by atoms with Gasteiger partial charge in [0.25, 0.3) is 0 Å². The fraction of sp³-hybridized carbons (Fsp3) is 0.929. The van der Waals surface area contributed by atoms with Crippen molar-refractivity contribution in [3.63, 3.8) is 0 Å². The topological polar surface area (TPSA) is 26.8 Å². The Labute approximate surface area is 111 Å². The quantitative estimate of drug-likeness (QED) is 0.711. The van der Waals surface area contributed by atoms with Crippen LogP contribution in [0.25, 0.3) is 0 Å². The van der Waals surface area contributed by atoms with Crippen molar-refractivity contribution in [3.05, 3.63) is 0 Å². The summed E-state index contributed by atoms with van der Waals surface area (Å²) in [6.45, 7) is 10.3. The number of amides is 2. The smallest absolute Gasteiger partial charge is 0.320 e. The van der Waals surface area contributed by atoms with E-state index >= 15 is 0 Å². The van der Waals surface area contributed by atoms with Crippen molar-refractivity contribution < 1.29 is 4.79 Å². The summed E-state index contributed by atoms with van der Waals surface area (Å²) < 4.78 is 0. The number of carbonyl (C=O) groups excluding carboxylic acids is 1. The highest BCUT2D eigenvalue weighted by molar-refractivity contribution is 5.74. The third kappa shape index (κ3) is 3.16. The number of hydrogen-bond donors (Lipinski definition) is 0. The minimum absolute atomic E-state index is 0.269. The molecular formula is C14H27N3O. The predicted octanol–water partition coefficient (Wildman–Crippen LogP) is 1.72. The summed E-state index contributed by atoms with van der Waals surface area (Å²) in [5, 5.41) is 0. The summed E-state index contributed by atoms with van der Waals surface area (Å²) >= 11 is 0. The SMILES string of the molecule is CC(C)C1CCN(C(=O)N2CCN(C)CC2)CC1. The Hall–Kier alpha value is -0.770. The van der Waals surface area contributed by atoms with E-state index in [0.717, 1.165) is 51.1 Å². The number of piperidine rings is 1. The standard InChI is InChI=1S/C14H27N3O/c1-12(2)13-4-6-16(7-5-13)14(18)17-10-8-15(3)9-11-17/h12-13H,4-11H2,1-3H3. The lowest BCUT2D eigenvalue weighted by Crippen LogP contribution is -2.53. The molecular weight excluding hydrogens is 226 g/mol. The van der Waals surface area contributed by atoms with Gasteiger partial charge in [-0.15, -0.1) is 0 Å². The van der Waals surface area contributed by atoms with E-state index < -0.39 is 0 Å². The molecule has 2 amide bonds. The summed E-state index contributed by atoms with van der Waals surface area (Å²) in [7, 11) is 2.12. The van der Waals surface area contributed by atoms with Crippen molar-refractivity contribution >= 4 is 6.03 Å². The van der Waals surface area contributed by atoms with E-state index in [-0.39, 0.29) is 6.03 Å². The second-order valence-electron chi connectivity index (χ2n) is 6.14. The Kier molecular flexibility index (Phi) is 4.49. The Morgan fingerprint density at radius 3 is 1.94 bits per heavy atom. The number of rotatable bonds is 1. The van der Waals surface area contributed by atoms with Gasteiger partial charge in [-0.25, -0.2) is 4.79 Å². The Balaban J connectivity index is 1.80. The van der Waals surface area contributed by atoms with E-state index in [1.54, 1.807) is 0 Å². The van der Waals surface area contributed by atoms with Crippen molar-refractivity contribution in [2.24, 2.45) is 11.8 Å². The van der Waals surface area contributed by atoms with Gasteiger partial charge in [-0.2, -0.15) is 0 Å². The zero-order chi connectivity index (χ0) is 13.1. The molecule has 2 aliphatic rings. The van der Waals surface area contributed by atoms with Gasteiger partial charge in [0.05, 0.1) is 0 Å². The largest absolute Gasteiger partial charge is 0.325 e. The molecule has 0 aromatic carbocycles. The number of likely N-dealkylation sites (N-methyl/N-ethyl adjacent to an activating group) is 1. The molecule has 4 heteroatoms. The summed E-state index contributed by atoms with van der Waals surface area (Å²) in [5.41, 5.74) is 0. The van der Waals surface area contributed by atoms with Gasteiger partial charge >= 0.3 is 6.03 Å². The number of likely N-dealkylation sites (tertiary alicyclic amines) is 1. The normalized spacial score (nSPS) is 23.8. The lowest BCUT2D eigenvalue weighted by Gasteiger charge is -2.39. The molecule has 2 heterocycles. The van der Waals surface area contributed by atoms with Crippen LogP contribution in [0.5, 0.6) is 0 Å². The predicted molar refractivity (Wildman–Crippen MR) is 73.6 cm³/mol. The molecule has 0 saturated carbocycles. The number of nitrogens with zero attached hydrogens (tertiary/aromatic N) is 3. The summed E-state index contributed by atoms with van der Waals surface area (Å²) in [6, 6.07) is 0.269. The van der Waals surface area contributed by atoms with Crippen LogP contribution in [-0.2, 0) is 0 Å². The van der Waals surface area contributed by atoms with Crippen LogP contribution in [0.3, 0.4) is 0 Å². The summed E-state index contributed by atoms with van der Waals surface area (Å²) in [6.07, 6.45) is 2.36. The minimum Gasteiger partial charge on any atom is -0.325 e. The van der Waals surface area contributed by atoms with Gasteiger partial charge in [-0.3, -0.25) is 0 Å². The van der Waals surface area contributed by atoms with E-state index in [1.807, 2.05) is 4.90 Å². The first kappa shape index (κ1) is 13.7. The first-order chi connectivity index (χ1) is 8.58. The molecule has 104 valence electrons. The van der Waals surface area contributed by atoms with Gasteiger partial charge in [-0.1, -0.05) is 13.8 Å². The van der Waals surface area contributed by atoms with E-state index in [2.05, 4.69) is 30.7 Å². The molecule has 0 bridgehead atoms. The first-order valence-corrected chi connectivity index (χ1v) is 7.30. The molecule has 2 fully saturated rings. The van der Waals surface area contributed by atoms with E-state index in [4.69, 9.17) is 0 Å². The molecule has 0 atom stereocenters. The van der Waals surface area contributed by atoms with Crippen LogP contribution in [0.1, 0.15) is 26.7 Å². The van der Waals surface area contributed by atoms with Gasteiger partial charge in [-0.05, 0) is 31.7 Å². The van der Waals surface area contributed by atoms with Gasteiger partial charge in [0.2, 0.25) is 0 Å². The summed E-state index contributed by atoms with van der Waals surface area (Å²) in [5.74, 6) is 1.56. The fourth-order valence-corrected chi connectivity index (χ4v) is 2.96. The lowest BCUT2D eigenvalue weighted by molar-refractivity contribution is 0.103. The average Bonchev–Trinajstić information content (AvgIpc) is 2.39. The van der Waals surface area contributed by atoms with Crippen LogP contribution in [0.2, 0.25) is 0 Å². The molecule has 0 spiro atoms. The third-order valence-electron chi connectivity index (χ3n) is 4.53. The monoisotopic (exact) mass is 253 g/mol. The van der Waals surface area contributed by atoms with Gasteiger partial charge < -0.3 is 14.7 Å². The maximum absolute atomic E-state index is 12.4. The Morgan fingerprint density at radius 1 is 0.944 bits per heavy atom. The highest BCUT2D eigenvalue weighted by Crippen LogP contribution is 2.25. The van der Waals surface area contributed by atoms with Crippen molar-refractivity contribution in [2.75, 3.05) is 46.3 Å². The highest BCUT2D eigenvalue weighted by Gasteiger charge is 2.28. The second kappa shape index (κ2) is 5.91. The number of carbonyl (C=O) groups is 1. The van der Waals surface area contributed by atoms with Gasteiger partial charge in [0.15, 0.2) is 0 Å². The van der Waals surface area contributed by atoms with Crippen molar-refractivity contribution in [3.8, 4) is 0 Å². The molecule has 0 aliphatic carbocycles. The van der Waals surface area contributed by atoms with Crippen LogP contribution in [0.4, 0.5) is 4.79 Å². The molecule has 18 heavy (non-hydrogen) atoms. The summed E-state index contributed by atoms with van der Waals surface area (Å²) in [4.78, 5) is 18.7. The zero-order valence-corrected chi connectivity index (χ0v) is 12.1. The van der Waals surface area contributed by atoms with Crippen LogP contribution in [-0.4, -0.2) is 67.0 Å². The Bertz CT molecular complexity index is 277. The van der Waals surface area contributed by atoms with Crippen molar-refractivity contribution in [1.82, 2.24) is 14.7 Å². The van der Waals surface area contributed by atoms with Gasteiger partial charge in [0.1, 0.15) is 0 Å². The molecule has 4 nitrogen and oxygen atoms in total. The number of piperazine rings is 1. The molecule has 2 aliphatic heterocycles. The first-order valence-electron chi connectivity index (χ1n) is 7.30. The molecule has 0 aromatic rings. The minimum atomic E-state index is 0.269. The van der Waals surface area contributed by atoms with E-state index in [9.17, 15) is 4.79 Å². The molecule has 0 radical (unpaired) electrons. The van der Waals surface area contributed by atoms with Crippen LogP contribution in [0.15, 0.2) is 0 Å². The molecule has 0 unspecified atom stereocenters. The fourth-order valence-electron chi connectivity index (χ4n) is 2.96. The third-order valence-corrected chi connectivity index (χ3v) is 4.53. The molecule has 2 rings (SSSR count). The van der Waals surface area contributed by atoms with Gasteiger partial charge in [0, 0.05) is 39.3 Å².